The molecule has 1 rings (SSSR count). The zero-order valence-corrected chi connectivity index (χ0v) is 5.09. The van der Waals surface area contributed by atoms with Gasteiger partial charge in [0, 0.05) is 0 Å². The van der Waals surface area contributed by atoms with Crippen molar-refractivity contribution in [1.82, 2.24) is 5.32 Å². The van der Waals surface area contributed by atoms with Crippen molar-refractivity contribution in [3.8, 4) is 0 Å². The van der Waals surface area contributed by atoms with Crippen molar-refractivity contribution in [2.45, 2.75) is 12.6 Å². The van der Waals surface area contributed by atoms with Gasteiger partial charge < -0.3 is 10.1 Å². The molecule has 1 aliphatic rings. The van der Waals surface area contributed by atoms with Gasteiger partial charge in [-0.1, -0.05) is 6.08 Å². The lowest BCUT2D eigenvalue weighted by molar-refractivity contribution is -0.139. The van der Waals surface area contributed by atoms with Crippen molar-refractivity contribution in [3.05, 3.63) is 12.7 Å². The van der Waals surface area contributed by atoms with Crippen molar-refractivity contribution in [3.63, 3.8) is 0 Å². The number of amides is 1. The van der Waals surface area contributed by atoms with Gasteiger partial charge in [0.05, 0.1) is 13.0 Å². The van der Waals surface area contributed by atoms with Crippen LogP contribution in [-0.4, -0.2) is 18.7 Å². The molecule has 50 valence electrons. The molecule has 0 aliphatic carbocycles. The zero-order valence-electron chi connectivity index (χ0n) is 5.09. The molecule has 0 aromatic rings. The quantitative estimate of drug-likeness (QED) is 0.429. The van der Waals surface area contributed by atoms with Crippen molar-refractivity contribution in [2.75, 3.05) is 6.61 Å². The van der Waals surface area contributed by atoms with E-state index in [-0.39, 0.29) is 12.1 Å². The number of carbonyl (C=O) groups is 1. The van der Waals surface area contributed by atoms with E-state index >= 15 is 0 Å². The van der Waals surface area contributed by atoms with Gasteiger partial charge in [-0.05, 0) is 0 Å². The molecule has 1 aliphatic heterocycles. The van der Waals surface area contributed by atoms with Crippen LogP contribution in [0.1, 0.15) is 6.42 Å². The molecule has 1 saturated heterocycles. The molecule has 1 atom stereocenters. The zero-order chi connectivity index (χ0) is 6.69. The lowest BCUT2D eigenvalue weighted by Gasteiger charge is -2.25. The van der Waals surface area contributed by atoms with Gasteiger partial charge in [-0.15, -0.1) is 6.58 Å². The van der Waals surface area contributed by atoms with Gasteiger partial charge >= 0.3 is 0 Å². The largest absolute Gasteiger partial charge is 0.354 e. The first-order valence-corrected chi connectivity index (χ1v) is 2.85. The number of carbonyl (C=O) groups excluding carboxylic acids is 1. The molecule has 3 heteroatoms. The third-order valence-electron chi connectivity index (χ3n) is 1.11. The first kappa shape index (κ1) is 6.29. The van der Waals surface area contributed by atoms with Crippen LogP contribution in [0.3, 0.4) is 0 Å². The summed E-state index contributed by atoms with van der Waals surface area (Å²) in [6.07, 6.45) is 2.09. The van der Waals surface area contributed by atoms with E-state index in [4.69, 9.17) is 4.74 Å². The topological polar surface area (TPSA) is 38.3 Å². The monoisotopic (exact) mass is 127 g/mol. The highest BCUT2D eigenvalue weighted by Gasteiger charge is 2.24. The average Bonchev–Trinajstić information content (AvgIpc) is 1.78. The predicted molar refractivity (Wildman–Crippen MR) is 32.7 cm³/mol. The minimum absolute atomic E-state index is 0.0593. The molecule has 0 aromatic heterocycles. The fourth-order valence-electron chi connectivity index (χ4n) is 0.612. The third-order valence-corrected chi connectivity index (χ3v) is 1.11. The summed E-state index contributed by atoms with van der Waals surface area (Å²) in [6, 6.07) is 0. The Hall–Kier alpha value is -0.830. The summed E-state index contributed by atoms with van der Waals surface area (Å²) in [5.74, 6) is 0.0593. The highest BCUT2D eigenvalue weighted by molar-refractivity contribution is 5.82. The predicted octanol–water partition coefficient (Wildman–Crippen LogP) is 0.0350. The molecule has 1 fully saturated rings. The molecule has 0 radical (unpaired) electrons. The van der Waals surface area contributed by atoms with E-state index in [1.165, 1.54) is 0 Å². The van der Waals surface area contributed by atoms with E-state index in [1.54, 1.807) is 6.08 Å². The minimum atomic E-state index is -0.0597. The number of hydrogen-bond acceptors (Lipinski definition) is 2. The maximum atomic E-state index is 10.3. The summed E-state index contributed by atoms with van der Waals surface area (Å²) in [6.45, 7) is 3.98. The molecule has 1 amide bonds. The van der Waals surface area contributed by atoms with E-state index in [9.17, 15) is 4.79 Å². The van der Waals surface area contributed by atoms with Crippen LogP contribution in [0.4, 0.5) is 0 Å². The van der Waals surface area contributed by atoms with Crippen molar-refractivity contribution >= 4 is 5.91 Å². The summed E-state index contributed by atoms with van der Waals surface area (Å²) in [7, 11) is 0. The second-order valence-corrected chi connectivity index (χ2v) is 1.88. The average molecular weight is 127 g/mol. The Morgan fingerprint density at radius 1 is 2.00 bits per heavy atom. The maximum Gasteiger partial charge on any atom is 0.226 e. The van der Waals surface area contributed by atoms with Gasteiger partial charge in [0.25, 0.3) is 0 Å². The molecular weight excluding hydrogens is 118 g/mol. The number of ether oxygens (including phenoxy) is 1. The summed E-state index contributed by atoms with van der Waals surface area (Å²) in [4.78, 5) is 10.3. The Labute approximate surface area is 53.7 Å². The van der Waals surface area contributed by atoms with E-state index < -0.39 is 0 Å². The SMILES string of the molecule is C=CCOC1CC(=O)N1. The third kappa shape index (κ3) is 1.54. The highest BCUT2D eigenvalue weighted by Crippen LogP contribution is 2.04. The van der Waals surface area contributed by atoms with Crippen LogP contribution < -0.4 is 5.32 Å². The molecule has 0 aromatic carbocycles. The standard InChI is InChI=1S/C6H9NO2/c1-2-3-9-6-4-5(8)7-6/h2,6H,1,3-4H2,(H,7,8). The summed E-state index contributed by atoms with van der Waals surface area (Å²) in [5.41, 5.74) is 0. The number of rotatable bonds is 3. The number of hydrogen-bond donors (Lipinski definition) is 1. The van der Waals surface area contributed by atoms with E-state index in [1.807, 2.05) is 0 Å². The van der Waals surface area contributed by atoms with E-state index in [0.717, 1.165) is 0 Å². The lowest BCUT2D eigenvalue weighted by atomic mass is 10.2. The fraction of sp³-hybridized carbons (Fsp3) is 0.500. The minimum Gasteiger partial charge on any atom is -0.354 e. The van der Waals surface area contributed by atoms with E-state index in [2.05, 4.69) is 11.9 Å². The number of β-lactam (4-membered cyclic amide) rings is 1. The molecule has 0 bridgehead atoms. The maximum absolute atomic E-state index is 10.3. The van der Waals surface area contributed by atoms with Gasteiger partial charge in [0.1, 0.15) is 6.23 Å². The van der Waals surface area contributed by atoms with Crippen LogP contribution in [0.5, 0.6) is 0 Å². The van der Waals surface area contributed by atoms with Gasteiger partial charge in [0.15, 0.2) is 0 Å². The summed E-state index contributed by atoms with van der Waals surface area (Å²) < 4.78 is 5.05. The smallest absolute Gasteiger partial charge is 0.226 e. The van der Waals surface area contributed by atoms with E-state index in [0.29, 0.717) is 13.0 Å². The first-order valence-electron chi connectivity index (χ1n) is 2.85. The van der Waals surface area contributed by atoms with Gasteiger partial charge in [0.2, 0.25) is 5.91 Å². The molecule has 1 unspecified atom stereocenters. The lowest BCUT2D eigenvalue weighted by Crippen LogP contribution is -2.50. The number of nitrogens with one attached hydrogen (secondary N) is 1. The Morgan fingerprint density at radius 3 is 3.11 bits per heavy atom. The van der Waals surface area contributed by atoms with Crippen molar-refractivity contribution in [2.24, 2.45) is 0 Å². The van der Waals surface area contributed by atoms with Crippen LogP contribution in [-0.2, 0) is 9.53 Å². The Balaban J connectivity index is 2.03. The second-order valence-electron chi connectivity index (χ2n) is 1.88. The summed E-state index contributed by atoms with van der Waals surface area (Å²) >= 11 is 0. The van der Waals surface area contributed by atoms with Crippen LogP contribution in [0.25, 0.3) is 0 Å². The van der Waals surface area contributed by atoms with Crippen LogP contribution in [0, 0.1) is 0 Å². The normalized spacial score (nSPS) is 24.4. The molecule has 0 spiro atoms. The Morgan fingerprint density at radius 2 is 2.67 bits per heavy atom. The molecule has 1 N–H and O–H groups in total. The fourth-order valence-corrected chi connectivity index (χ4v) is 0.612. The molecule has 0 saturated carbocycles. The van der Waals surface area contributed by atoms with Crippen molar-refractivity contribution in [1.29, 1.82) is 0 Å². The Bertz CT molecular complexity index is 125. The van der Waals surface area contributed by atoms with Crippen molar-refractivity contribution < 1.29 is 9.53 Å². The van der Waals surface area contributed by atoms with Crippen LogP contribution in [0.2, 0.25) is 0 Å². The Kier molecular flexibility index (Phi) is 1.85. The van der Waals surface area contributed by atoms with Gasteiger partial charge in [-0.25, -0.2) is 0 Å². The highest BCUT2D eigenvalue weighted by atomic mass is 16.5. The second kappa shape index (κ2) is 2.64. The first-order chi connectivity index (χ1) is 4.33. The van der Waals surface area contributed by atoms with Gasteiger partial charge in [-0.3, -0.25) is 4.79 Å². The molecule has 1 heterocycles. The van der Waals surface area contributed by atoms with Crippen LogP contribution >= 0.6 is 0 Å². The summed E-state index contributed by atoms with van der Waals surface area (Å²) in [5, 5.41) is 2.57. The molecular formula is C6H9NO2. The molecule has 9 heavy (non-hydrogen) atoms. The van der Waals surface area contributed by atoms with Crippen LogP contribution in [0.15, 0.2) is 12.7 Å². The molecule has 3 nitrogen and oxygen atoms in total. The van der Waals surface area contributed by atoms with Gasteiger partial charge in [-0.2, -0.15) is 0 Å².